The summed E-state index contributed by atoms with van der Waals surface area (Å²) in [4.78, 5) is 22.9. The van der Waals surface area contributed by atoms with Crippen molar-refractivity contribution in [2.24, 2.45) is 0 Å². The van der Waals surface area contributed by atoms with Crippen LogP contribution in [0.25, 0.3) is 0 Å². The van der Waals surface area contributed by atoms with Crippen LogP contribution in [0.15, 0.2) is 27.9 Å². The molecule has 17 heavy (non-hydrogen) atoms. The molecule has 1 aromatic rings. The fraction of sp³-hybridized carbons (Fsp3) is 0.231. The third-order valence-electron chi connectivity index (χ3n) is 2.15. The standard InChI is InChI=1S/C13H12O4/c1-5-10(6-2)17-13(15)12-8(3)7-11(14)16-9(12)4/h1,6-7,10H,2H2,3-4H3. The van der Waals surface area contributed by atoms with Crippen molar-refractivity contribution < 1.29 is 13.9 Å². The van der Waals surface area contributed by atoms with Crippen LogP contribution >= 0.6 is 0 Å². The smallest absolute Gasteiger partial charge is 0.343 e. The minimum Gasteiger partial charge on any atom is -0.441 e. The number of carbonyl (C=O) groups excluding carboxylic acids is 1. The summed E-state index contributed by atoms with van der Waals surface area (Å²) in [6.07, 6.45) is 5.68. The summed E-state index contributed by atoms with van der Waals surface area (Å²) in [7, 11) is 0. The molecule has 4 heteroatoms. The molecule has 0 aromatic carbocycles. The van der Waals surface area contributed by atoms with Crippen molar-refractivity contribution in [1.82, 2.24) is 0 Å². The quantitative estimate of drug-likeness (QED) is 0.451. The van der Waals surface area contributed by atoms with E-state index in [1.54, 1.807) is 6.92 Å². The Hall–Kier alpha value is -2.28. The van der Waals surface area contributed by atoms with Crippen molar-refractivity contribution in [1.29, 1.82) is 0 Å². The zero-order valence-electron chi connectivity index (χ0n) is 9.65. The molecule has 0 aliphatic heterocycles. The Balaban J connectivity index is 3.10. The molecule has 0 fully saturated rings. The van der Waals surface area contributed by atoms with Gasteiger partial charge in [0.05, 0.1) is 0 Å². The Morgan fingerprint density at radius 1 is 1.65 bits per heavy atom. The Kier molecular flexibility index (Phi) is 3.89. The number of aryl methyl sites for hydroxylation is 2. The van der Waals surface area contributed by atoms with E-state index in [0.717, 1.165) is 0 Å². The highest BCUT2D eigenvalue weighted by Gasteiger charge is 2.18. The fourth-order valence-electron chi connectivity index (χ4n) is 1.39. The molecule has 0 aliphatic carbocycles. The number of carbonyl (C=O) groups is 1. The van der Waals surface area contributed by atoms with Gasteiger partial charge in [0.1, 0.15) is 11.3 Å². The monoisotopic (exact) mass is 232 g/mol. The van der Waals surface area contributed by atoms with Crippen LogP contribution in [-0.4, -0.2) is 12.1 Å². The first-order chi connectivity index (χ1) is 7.99. The lowest BCUT2D eigenvalue weighted by Crippen LogP contribution is -2.17. The van der Waals surface area contributed by atoms with Crippen molar-refractivity contribution in [3.8, 4) is 12.3 Å². The van der Waals surface area contributed by atoms with Crippen molar-refractivity contribution in [3.05, 3.63) is 46.0 Å². The molecule has 0 bridgehead atoms. The van der Waals surface area contributed by atoms with E-state index in [0.29, 0.717) is 5.56 Å². The van der Waals surface area contributed by atoms with Gasteiger partial charge in [0.2, 0.25) is 0 Å². The molecule has 0 N–H and O–H groups in total. The summed E-state index contributed by atoms with van der Waals surface area (Å²) < 4.78 is 9.81. The molecule has 0 saturated carbocycles. The molecule has 4 nitrogen and oxygen atoms in total. The molecular formula is C13H12O4. The van der Waals surface area contributed by atoms with Crippen molar-refractivity contribution >= 4 is 5.97 Å². The summed E-state index contributed by atoms with van der Waals surface area (Å²) >= 11 is 0. The lowest BCUT2D eigenvalue weighted by Gasteiger charge is -2.10. The largest absolute Gasteiger partial charge is 0.441 e. The summed E-state index contributed by atoms with van der Waals surface area (Å²) in [5, 5.41) is 0. The molecule has 1 rings (SSSR count). The van der Waals surface area contributed by atoms with E-state index in [1.807, 2.05) is 0 Å². The number of hydrogen-bond acceptors (Lipinski definition) is 4. The van der Waals surface area contributed by atoms with Gasteiger partial charge < -0.3 is 9.15 Å². The zero-order valence-corrected chi connectivity index (χ0v) is 9.65. The van der Waals surface area contributed by atoms with Gasteiger partial charge in [0, 0.05) is 6.07 Å². The molecule has 0 radical (unpaired) electrons. The first kappa shape index (κ1) is 12.8. The second-order valence-corrected chi connectivity index (χ2v) is 3.41. The van der Waals surface area contributed by atoms with Gasteiger partial charge >= 0.3 is 11.6 Å². The Labute approximate surface area is 98.9 Å². The summed E-state index contributed by atoms with van der Waals surface area (Å²) in [5.41, 5.74) is 0.198. The van der Waals surface area contributed by atoms with E-state index in [-0.39, 0.29) is 11.3 Å². The molecule has 1 atom stereocenters. The fourth-order valence-corrected chi connectivity index (χ4v) is 1.39. The lowest BCUT2D eigenvalue weighted by atomic mass is 10.1. The van der Waals surface area contributed by atoms with Gasteiger partial charge in [-0.05, 0) is 25.5 Å². The number of rotatable bonds is 3. The van der Waals surface area contributed by atoms with Gasteiger partial charge in [0.15, 0.2) is 6.10 Å². The van der Waals surface area contributed by atoms with Crippen LogP contribution in [0.2, 0.25) is 0 Å². The second-order valence-electron chi connectivity index (χ2n) is 3.41. The molecule has 0 spiro atoms. The molecule has 0 saturated heterocycles. The summed E-state index contributed by atoms with van der Waals surface area (Å²) in [5.74, 6) is 1.82. The Morgan fingerprint density at radius 3 is 2.76 bits per heavy atom. The number of hydrogen-bond donors (Lipinski definition) is 0. The van der Waals surface area contributed by atoms with Crippen LogP contribution in [-0.2, 0) is 4.74 Å². The highest BCUT2D eigenvalue weighted by Crippen LogP contribution is 2.13. The van der Waals surface area contributed by atoms with Gasteiger partial charge in [-0.15, -0.1) is 6.42 Å². The first-order valence-electron chi connectivity index (χ1n) is 4.90. The Bertz CT molecular complexity index is 519. The third kappa shape index (κ3) is 2.85. The minimum absolute atomic E-state index is 0.208. The zero-order chi connectivity index (χ0) is 13.0. The molecule has 0 amide bonds. The highest BCUT2D eigenvalue weighted by molar-refractivity contribution is 5.92. The highest BCUT2D eigenvalue weighted by atomic mass is 16.5. The van der Waals surface area contributed by atoms with Crippen LogP contribution in [0.5, 0.6) is 0 Å². The predicted molar refractivity (Wildman–Crippen MR) is 62.7 cm³/mol. The number of esters is 1. The van der Waals surface area contributed by atoms with Crippen molar-refractivity contribution in [2.45, 2.75) is 20.0 Å². The topological polar surface area (TPSA) is 56.5 Å². The average molecular weight is 232 g/mol. The second kappa shape index (κ2) is 5.17. The number of terminal acetylenes is 1. The van der Waals surface area contributed by atoms with E-state index in [4.69, 9.17) is 15.6 Å². The molecule has 1 aromatic heterocycles. The van der Waals surface area contributed by atoms with Gasteiger partial charge in [0.25, 0.3) is 0 Å². The van der Waals surface area contributed by atoms with Gasteiger partial charge in [-0.25, -0.2) is 9.59 Å². The van der Waals surface area contributed by atoms with Crippen LogP contribution < -0.4 is 5.63 Å². The van der Waals surface area contributed by atoms with E-state index in [9.17, 15) is 9.59 Å². The van der Waals surface area contributed by atoms with E-state index in [2.05, 4.69) is 12.5 Å². The summed E-state index contributed by atoms with van der Waals surface area (Å²) in [6.45, 7) is 6.59. The van der Waals surface area contributed by atoms with Crippen LogP contribution in [0.1, 0.15) is 21.7 Å². The van der Waals surface area contributed by atoms with Crippen LogP contribution in [0.4, 0.5) is 0 Å². The van der Waals surface area contributed by atoms with Gasteiger partial charge in [-0.1, -0.05) is 12.5 Å². The van der Waals surface area contributed by atoms with Crippen LogP contribution in [0, 0.1) is 26.2 Å². The number of ether oxygens (including phenoxy) is 1. The molecular weight excluding hydrogens is 220 g/mol. The van der Waals surface area contributed by atoms with E-state index < -0.39 is 17.7 Å². The van der Waals surface area contributed by atoms with Crippen LogP contribution in [0.3, 0.4) is 0 Å². The Morgan fingerprint density at radius 2 is 2.29 bits per heavy atom. The molecule has 0 aliphatic rings. The third-order valence-corrected chi connectivity index (χ3v) is 2.15. The van der Waals surface area contributed by atoms with Gasteiger partial charge in [-0.2, -0.15) is 0 Å². The molecule has 1 unspecified atom stereocenters. The molecule has 88 valence electrons. The maximum atomic E-state index is 11.8. The minimum atomic E-state index is -0.798. The maximum Gasteiger partial charge on any atom is 0.343 e. The van der Waals surface area contributed by atoms with Crippen molar-refractivity contribution in [3.63, 3.8) is 0 Å². The van der Waals surface area contributed by atoms with Gasteiger partial charge in [-0.3, -0.25) is 0 Å². The maximum absolute atomic E-state index is 11.8. The summed E-state index contributed by atoms with van der Waals surface area (Å²) in [6, 6.07) is 1.22. The molecule has 1 heterocycles. The first-order valence-corrected chi connectivity index (χ1v) is 4.90. The van der Waals surface area contributed by atoms with E-state index >= 15 is 0 Å². The van der Waals surface area contributed by atoms with E-state index in [1.165, 1.54) is 19.1 Å². The average Bonchev–Trinajstić information content (AvgIpc) is 2.24. The lowest BCUT2D eigenvalue weighted by molar-refractivity contribution is 0.0470. The normalized spacial score (nSPS) is 11.4. The predicted octanol–water partition coefficient (Wildman–Crippen LogP) is 1.60. The van der Waals surface area contributed by atoms with Crippen molar-refractivity contribution in [2.75, 3.05) is 0 Å². The SMILES string of the molecule is C#CC(C=C)OC(=O)c1c(C)cc(=O)oc1C.